The van der Waals surface area contributed by atoms with E-state index in [4.69, 9.17) is 32.9 Å². The molecule has 27 heavy (non-hydrogen) atoms. The molecule has 6 heteroatoms. The quantitative estimate of drug-likeness (QED) is 0.706. The van der Waals surface area contributed by atoms with Crippen molar-refractivity contribution in [3.05, 3.63) is 57.6 Å². The molecule has 4 rings (SSSR count). The maximum Gasteiger partial charge on any atom is 0.127 e. The van der Waals surface area contributed by atoms with E-state index in [0.29, 0.717) is 19.8 Å². The van der Waals surface area contributed by atoms with Gasteiger partial charge in [0, 0.05) is 36.1 Å². The molecule has 2 aromatic rings. The summed E-state index contributed by atoms with van der Waals surface area (Å²) in [5, 5.41) is 8.83. The number of fused-ring (bicyclic) bond motifs is 1. The van der Waals surface area contributed by atoms with E-state index in [1.807, 2.05) is 30.3 Å². The number of anilines is 2. The summed E-state index contributed by atoms with van der Waals surface area (Å²) in [5.74, 6) is 0.961. The third-order valence-electron chi connectivity index (χ3n) is 5.30. The molecule has 2 aliphatic heterocycles. The molecule has 2 heterocycles. The normalized spacial score (nSPS) is 19.4. The first-order valence-corrected chi connectivity index (χ1v) is 10.1. The summed E-state index contributed by atoms with van der Waals surface area (Å²) in [4.78, 5) is 4.94. The Morgan fingerprint density at radius 1 is 1.11 bits per heavy atom. The van der Waals surface area contributed by atoms with Gasteiger partial charge >= 0.3 is 0 Å². The van der Waals surface area contributed by atoms with Gasteiger partial charge in [-0.15, -0.1) is 0 Å². The largest absolute Gasteiger partial charge is 0.381 e. The van der Waals surface area contributed by atoms with E-state index < -0.39 is 0 Å². The molecule has 0 saturated carbocycles. The van der Waals surface area contributed by atoms with Crippen LogP contribution in [-0.2, 0) is 17.7 Å². The van der Waals surface area contributed by atoms with Crippen molar-refractivity contribution in [3.8, 4) is 0 Å². The average Bonchev–Trinajstić information content (AvgIpc) is 2.67. The van der Waals surface area contributed by atoms with Gasteiger partial charge in [-0.05, 0) is 41.8 Å². The maximum atomic E-state index is 6.45. The summed E-state index contributed by atoms with van der Waals surface area (Å²) in [6.45, 7) is 4.11. The topological polar surface area (TPSA) is 45.6 Å². The molecule has 2 aliphatic rings. The average molecular weight is 404 g/mol. The third kappa shape index (κ3) is 3.79. The van der Waals surface area contributed by atoms with Crippen LogP contribution in [0.3, 0.4) is 0 Å². The van der Waals surface area contributed by atoms with Gasteiger partial charge < -0.3 is 15.4 Å². The van der Waals surface area contributed by atoms with Crippen molar-refractivity contribution in [3.63, 3.8) is 0 Å². The van der Waals surface area contributed by atoms with Crippen LogP contribution in [0.1, 0.15) is 30.9 Å². The minimum Gasteiger partial charge on any atom is -0.381 e. The smallest absolute Gasteiger partial charge is 0.127 e. The van der Waals surface area contributed by atoms with Crippen molar-refractivity contribution in [1.29, 1.82) is 0 Å². The van der Waals surface area contributed by atoms with Gasteiger partial charge in [-0.25, -0.2) is 0 Å². The second-order valence-corrected chi connectivity index (χ2v) is 7.93. The number of nitrogens with one attached hydrogen (secondary N) is 2. The Kier molecular flexibility index (Phi) is 5.31. The molecule has 0 aliphatic carbocycles. The summed E-state index contributed by atoms with van der Waals surface area (Å²) in [7, 11) is 0. The Morgan fingerprint density at radius 3 is 2.67 bits per heavy atom. The van der Waals surface area contributed by atoms with Crippen LogP contribution in [0.5, 0.6) is 0 Å². The Labute approximate surface area is 169 Å². The monoisotopic (exact) mass is 403 g/mol. The number of aryl methyl sites for hydroxylation is 1. The summed E-state index contributed by atoms with van der Waals surface area (Å²) >= 11 is 12.6. The first-order chi connectivity index (χ1) is 13.1. The fourth-order valence-corrected chi connectivity index (χ4v) is 4.25. The van der Waals surface area contributed by atoms with Crippen molar-refractivity contribution in [2.75, 3.05) is 23.8 Å². The van der Waals surface area contributed by atoms with Crippen LogP contribution in [0.25, 0.3) is 0 Å². The van der Waals surface area contributed by atoms with Gasteiger partial charge in [-0.1, -0.05) is 42.3 Å². The summed E-state index contributed by atoms with van der Waals surface area (Å²) in [6.07, 6.45) is 2.61. The fraction of sp³-hybridized carbons (Fsp3) is 0.381. The number of amidine groups is 1. The second kappa shape index (κ2) is 7.70. The predicted molar refractivity (Wildman–Crippen MR) is 113 cm³/mol. The van der Waals surface area contributed by atoms with E-state index in [9.17, 15) is 0 Å². The number of benzene rings is 2. The zero-order valence-electron chi connectivity index (χ0n) is 15.3. The van der Waals surface area contributed by atoms with Crippen LogP contribution < -0.4 is 10.6 Å². The number of nitrogens with zero attached hydrogens (tertiary/aromatic N) is 1. The van der Waals surface area contributed by atoms with Crippen LogP contribution >= 0.6 is 23.2 Å². The van der Waals surface area contributed by atoms with Crippen LogP contribution in [0, 0.1) is 0 Å². The van der Waals surface area contributed by atoms with Crippen LogP contribution in [0.2, 0.25) is 10.0 Å². The lowest BCUT2D eigenvalue weighted by Crippen LogP contribution is -2.55. The van der Waals surface area contributed by atoms with Crippen molar-refractivity contribution >= 4 is 40.4 Å². The first-order valence-electron chi connectivity index (χ1n) is 9.34. The lowest BCUT2D eigenvalue weighted by molar-refractivity contribution is 0.0778. The Bertz CT molecular complexity index is 876. The number of rotatable bonds is 3. The number of ether oxygens (including phenoxy) is 1. The predicted octanol–water partition coefficient (Wildman–Crippen LogP) is 5.54. The molecule has 0 unspecified atom stereocenters. The minimum atomic E-state index is -0.249. The molecule has 0 aromatic heterocycles. The van der Waals surface area contributed by atoms with Crippen molar-refractivity contribution < 1.29 is 4.74 Å². The number of hydrogen-bond acceptors (Lipinski definition) is 3. The zero-order valence-corrected chi connectivity index (χ0v) is 16.8. The molecule has 2 N–H and O–H groups in total. The summed E-state index contributed by atoms with van der Waals surface area (Å²) in [6, 6.07) is 12.0. The molecule has 0 radical (unpaired) electrons. The molecule has 1 saturated heterocycles. The standard InChI is InChI=1S/C21H23Cl2N3O/c1-2-15-11-18-19(12-17(15)23)26-21(6-8-27-9-7-21)20(25-18)24-13-14-4-3-5-16(22)10-14/h3-5,10-12,26H,2,6-9,13H2,1H3,(H,24,25). The SMILES string of the molecule is CCc1cc2c(cc1Cl)NC1(CCOCC1)C(=NCc1cccc(Cl)c1)N2. The zero-order chi connectivity index (χ0) is 18.9. The van der Waals surface area contributed by atoms with E-state index >= 15 is 0 Å². The van der Waals surface area contributed by atoms with Gasteiger partial charge in [0.15, 0.2) is 0 Å². The first kappa shape index (κ1) is 18.6. The summed E-state index contributed by atoms with van der Waals surface area (Å²) in [5.41, 5.74) is 4.02. The number of aliphatic imine (C=N–C) groups is 1. The van der Waals surface area contributed by atoms with Gasteiger partial charge in [0.1, 0.15) is 5.84 Å². The Balaban J connectivity index is 1.70. The van der Waals surface area contributed by atoms with E-state index in [1.54, 1.807) is 0 Å². The molecule has 1 fully saturated rings. The lowest BCUT2D eigenvalue weighted by atomic mass is 9.85. The maximum absolute atomic E-state index is 6.45. The van der Waals surface area contributed by atoms with Crippen molar-refractivity contribution in [2.45, 2.75) is 38.3 Å². The van der Waals surface area contributed by atoms with Crippen molar-refractivity contribution in [2.24, 2.45) is 4.99 Å². The highest BCUT2D eigenvalue weighted by molar-refractivity contribution is 6.32. The van der Waals surface area contributed by atoms with Gasteiger partial charge in [-0.3, -0.25) is 4.99 Å². The molecule has 1 spiro atoms. The highest BCUT2D eigenvalue weighted by Crippen LogP contribution is 2.39. The minimum absolute atomic E-state index is 0.249. The van der Waals surface area contributed by atoms with Gasteiger partial charge in [-0.2, -0.15) is 0 Å². The Hall–Kier alpha value is -1.75. The molecule has 142 valence electrons. The van der Waals surface area contributed by atoms with Crippen LogP contribution in [0.15, 0.2) is 41.4 Å². The molecule has 0 amide bonds. The van der Waals surface area contributed by atoms with Gasteiger partial charge in [0.05, 0.1) is 23.5 Å². The van der Waals surface area contributed by atoms with Gasteiger partial charge in [0.2, 0.25) is 0 Å². The highest BCUT2D eigenvalue weighted by atomic mass is 35.5. The Morgan fingerprint density at radius 2 is 1.93 bits per heavy atom. The fourth-order valence-electron chi connectivity index (χ4n) is 3.74. The molecule has 0 atom stereocenters. The van der Waals surface area contributed by atoms with Crippen molar-refractivity contribution in [1.82, 2.24) is 0 Å². The number of hydrogen-bond donors (Lipinski definition) is 2. The van der Waals surface area contributed by atoms with E-state index in [-0.39, 0.29) is 5.54 Å². The number of halogens is 2. The van der Waals surface area contributed by atoms with Crippen LogP contribution in [0.4, 0.5) is 11.4 Å². The molecular formula is C21H23Cl2N3O. The summed E-state index contributed by atoms with van der Waals surface area (Å²) < 4.78 is 5.61. The van der Waals surface area contributed by atoms with E-state index in [2.05, 4.69) is 23.6 Å². The third-order valence-corrected chi connectivity index (χ3v) is 5.89. The molecule has 2 aromatic carbocycles. The molecular weight excluding hydrogens is 381 g/mol. The second-order valence-electron chi connectivity index (χ2n) is 7.08. The lowest BCUT2D eigenvalue weighted by Gasteiger charge is -2.44. The highest BCUT2D eigenvalue weighted by Gasteiger charge is 2.41. The van der Waals surface area contributed by atoms with Gasteiger partial charge in [0.25, 0.3) is 0 Å². The van der Waals surface area contributed by atoms with Crippen LogP contribution in [-0.4, -0.2) is 24.6 Å². The van der Waals surface area contributed by atoms with E-state index in [1.165, 1.54) is 0 Å². The molecule has 0 bridgehead atoms. The molecule has 4 nitrogen and oxygen atoms in total. The van der Waals surface area contributed by atoms with E-state index in [0.717, 1.165) is 57.6 Å².